The Bertz CT molecular complexity index is 364. The molecular weight excluding hydrogens is 253 g/mol. The van der Waals surface area contributed by atoms with Crippen LogP contribution in [-0.4, -0.2) is 29.1 Å². The van der Waals surface area contributed by atoms with E-state index in [9.17, 15) is 4.39 Å². The van der Waals surface area contributed by atoms with Crippen molar-refractivity contribution in [2.24, 2.45) is 0 Å². The molecule has 17 heavy (non-hydrogen) atoms. The Balaban J connectivity index is 1.79. The quantitative estimate of drug-likeness (QED) is 0.904. The summed E-state index contributed by atoms with van der Waals surface area (Å²) in [5, 5.41) is 4.05. The van der Waals surface area contributed by atoms with Crippen LogP contribution in [0.2, 0.25) is 0 Å². The fourth-order valence-corrected chi connectivity index (χ4v) is 4.51. The number of rotatable bonds is 4. The summed E-state index contributed by atoms with van der Waals surface area (Å²) in [6.07, 6.45) is 0. The van der Waals surface area contributed by atoms with Crippen molar-refractivity contribution < 1.29 is 4.39 Å². The highest BCUT2D eigenvalue weighted by molar-refractivity contribution is 8.06. The van der Waals surface area contributed by atoms with Crippen LogP contribution < -0.4 is 5.32 Å². The van der Waals surface area contributed by atoms with E-state index in [2.05, 4.69) is 5.32 Å². The molecule has 1 fully saturated rings. The standard InChI is InChI=1S/C13H18FNS2/c1-10-2-3-13(14)11(6-10)7-15-8-12-9-16-4-5-17-12/h2-3,6,12,15H,4-5,7-9H2,1H3. The fraction of sp³-hybridized carbons (Fsp3) is 0.538. The molecular formula is C13H18FNS2. The molecule has 1 heterocycles. The third kappa shape index (κ3) is 4.19. The Labute approximate surface area is 111 Å². The SMILES string of the molecule is Cc1ccc(F)c(CNCC2CSCCS2)c1. The van der Waals surface area contributed by atoms with E-state index < -0.39 is 0 Å². The second-order valence-electron chi connectivity index (χ2n) is 4.29. The molecule has 0 spiro atoms. The Hall–Kier alpha value is -0.190. The van der Waals surface area contributed by atoms with Crippen LogP contribution in [0.4, 0.5) is 4.39 Å². The molecule has 0 amide bonds. The number of benzene rings is 1. The third-order valence-electron chi connectivity index (χ3n) is 2.77. The zero-order valence-corrected chi connectivity index (χ0v) is 11.7. The highest BCUT2D eigenvalue weighted by atomic mass is 32.2. The van der Waals surface area contributed by atoms with Gasteiger partial charge in [-0.1, -0.05) is 17.7 Å². The molecule has 4 heteroatoms. The molecule has 0 aliphatic carbocycles. The molecule has 1 aliphatic heterocycles. The van der Waals surface area contributed by atoms with E-state index in [4.69, 9.17) is 0 Å². The van der Waals surface area contributed by atoms with Gasteiger partial charge in [0.05, 0.1) is 0 Å². The maximum Gasteiger partial charge on any atom is 0.127 e. The average Bonchev–Trinajstić information content (AvgIpc) is 2.35. The van der Waals surface area contributed by atoms with Gasteiger partial charge in [-0.05, 0) is 13.0 Å². The predicted octanol–water partition coefficient (Wildman–Crippen LogP) is 3.07. The number of hydrogen-bond acceptors (Lipinski definition) is 3. The van der Waals surface area contributed by atoms with E-state index >= 15 is 0 Å². The molecule has 0 saturated carbocycles. The van der Waals surface area contributed by atoms with Gasteiger partial charge in [-0.25, -0.2) is 4.39 Å². The smallest absolute Gasteiger partial charge is 0.127 e. The van der Waals surface area contributed by atoms with Crippen molar-refractivity contribution in [1.82, 2.24) is 5.32 Å². The molecule has 1 atom stereocenters. The molecule has 2 rings (SSSR count). The molecule has 0 aromatic heterocycles. The lowest BCUT2D eigenvalue weighted by molar-refractivity contribution is 0.588. The summed E-state index contributed by atoms with van der Waals surface area (Å²) < 4.78 is 13.5. The molecule has 1 aromatic carbocycles. The van der Waals surface area contributed by atoms with E-state index in [-0.39, 0.29) is 5.82 Å². The summed E-state index contributed by atoms with van der Waals surface area (Å²) in [5.41, 5.74) is 1.89. The van der Waals surface area contributed by atoms with E-state index in [0.717, 1.165) is 17.7 Å². The van der Waals surface area contributed by atoms with Gasteiger partial charge >= 0.3 is 0 Å². The van der Waals surface area contributed by atoms with Gasteiger partial charge in [-0.15, -0.1) is 0 Å². The average molecular weight is 271 g/mol. The molecule has 1 aromatic rings. The minimum Gasteiger partial charge on any atom is -0.311 e. The van der Waals surface area contributed by atoms with Crippen LogP contribution in [0.15, 0.2) is 18.2 Å². The molecule has 0 radical (unpaired) electrons. The van der Waals surface area contributed by atoms with Gasteiger partial charge in [-0.3, -0.25) is 0 Å². The second kappa shape index (κ2) is 6.66. The number of aryl methyl sites for hydroxylation is 1. The Kier molecular flexibility index (Phi) is 5.19. The van der Waals surface area contributed by atoms with E-state index in [1.54, 1.807) is 6.07 Å². The topological polar surface area (TPSA) is 12.0 Å². The van der Waals surface area contributed by atoms with Crippen LogP contribution in [0.1, 0.15) is 11.1 Å². The number of nitrogens with one attached hydrogen (secondary N) is 1. The van der Waals surface area contributed by atoms with Gasteiger partial charge in [0.25, 0.3) is 0 Å². The van der Waals surface area contributed by atoms with Gasteiger partial charge in [0, 0.05) is 41.2 Å². The monoisotopic (exact) mass is 271 g/mol. The third-order valence-corrected chi connectivity index (χ3v) is 5.62. The van der Waals surface area contributed by atoms with Crippen molar-refractivity contribution in [3.63, 3.8) is 0 Å². The maximum absolute atomic E-state index is 13.5. The van der Waals surface area contributed by atoms with Crippen LogP contribution >= 0.6 is 23.5 Å². The summed E-state index contributed by atoms with van der Waals surface area (Å²) in [6.45, 7) is 3.61. The normalized spacial score (nSPS) is 20.5. The van der Waals surface area contributed by atoms with Crippen molar-refractivity contribution in [1.29, 1.82) is 0 Å². The summed E-state index contributed by atoms with van der Waals surface area (Å²) in [7, 11) is 0. The Morgan fingerprint density at radius 1 is 1.41 bits per heavy atom. The lowest BCUT2D eigenvalue weighted by atomic mass is 10.1. The van der Waals surface area contributed by atoms with Crippen molar-refractivity contribution in [3.05, 3.63) is 35.1 Å². The van der Waals surface area contributed by atoms with Crippen LogP contribution in [0.3, 0.4) is 0 Å². The second-order valence-corrected chi connectivity index (χ2v) is 6.85. The first-order valence-electron chi connectivity index (χ1n) is 5.91. The molecule has 94 valence electrons. The summed E-state index contributed by atoms with van der Waals surface area (Å²) in [4.78, 5) is 0. The lowest BCUT2D eigenvalue weighted by Gasteiger charge is -2.21. The zero-order valence-electron chi connectivity index (χ0n) is 10.0. The first-order chi connectivity index (χ1) is 8.25. The molecule has 1 N–H and O–H groups in total. The zero-order chi connectivity index (χ0) is 12.1. The number of halogens is 1. The van der Waals surface area contributed by atoms with Gasteiger partial charge in [0.1, 0.15) is 5.82 Å². The minimum atomic E-state index is -0.103. The van der Waals surface area contributed by atoms with Gasteiger partial charge in [-0.2, -0.15) is 23.5 Å². The molecule has 1 aliphatic rings. The summed E-state index contributed by atoms with van der Waals surface area (Å²) in [5.74, 6) is 3.63. The molecule has 1 saturated heterocycles. The molecule has 0 bridgehead atoms. The Morgan fingerprint density at radius 2 is 2.29 bits per heavy atom. The molecule has 1 unspecified atom stereocenters. The van der Waals surface area contributed by atoms with Crippen LogP contribution in [0.25, 0.3) is 0 Å². The highest BCUT2D eigenvalue weighted by Crippen LogP contribution is 2.23. The van der Waals surface area contributed by atoms with Crippen LogP contribution in [-0.2, 0) is 6.54 Å². The maximum atomic E-state index is 13.5. The Morgan fingerprint density at radius 3 is 3.06 bits per heavy atom. The first kappa shape index (κ1) is 13.2. The van der Waals surface area contributed by atoms with Gasteiger partial charge in [0.15, 0.2) is 0 Å². The largest absolute Gasteiger partial charge is 0.311 e. The number of hydrogen-bond donors (Lipinski definition) is 1. The minimum absolute atomic E-state index is 0.103. The van der Waals surface area contributed by atoms with E-state index in [1.165, 1.54) is 17.3 Å². The van der Waals surface area contributed by atoms with Crippen molar-refractivity contribution in [2.75, 3.05) is 23.8 Å². The van der Waals surface area contributed by atoms with Crippen LogP contribution in [0, 0.1) is 12.7 Å². The van der Waals surface area contributed by atoms with Gasteiger partial charge in [0.2, 0.25) is 0 Å². The molecule has 1 nitrogen and oxygen atoms in total. The summed E-state index contributed by atoms with van der Waals surface area (Å²) >= 11 is 4.05. The van der Waals surface area contributed by atoms with E-state index in [1.807, 2.05) is 42.6 Å². The highest BCUT2D eigenvalue weighted by Gasteiger charge is 2.13. The lowest BCUT2D eigenvalue weighted by Crippen LogP contribution is -2.28. The summed E-state index contributed by atoms with van der Waals surface area (Å²) in [6, 6.07) is 5.29. The van der Waals surface area contributed by atoms with Crippen molar-refractivity contribution in [3.8, 4) is 0 Å². The van der Waals surface area contributed by atoms with Crippen molar-refractivity contribution >= 4 is 23.5 Å². The fourth-order valence-electron chi connectivity index (χ4n) is 1.86. The first-order valence-corrected chi connectivity index (χ1v) is 8.11. The van der Waals surface area contributed by atoms with Gasteiger partial charge < -0.3 is 5.32 Å². The van der Waals surface area contributed by atoms with Crippen LogP contribution in [0.5, 0.6) is 0 Å². The van der Waals surface area contributed by atoms with E-state index in [0.29, 0.717) is 11.8 Å². The predicted molar refractivity (Wildman–Crippen MR) is 76.4 cm³/mol. The number of thioether (sulfide) groups is 2. The van der Waals surface area contributed by atoms with Crippen molar-refractivity contribution in [2.45, 2.75) is 18.7 Å².